The molecule has 0 bridgehead atoms. The van der Waals surface area contributed by atoms with Gasteiger partial charge in [-0.3, -0.25) is 9.69 Å². The number of carboxylic acids is 1. The first kappa shape index (κ1) is 22.9. The second-order valence-electron chi connectivity index (χ2n) is 6.85. The number of carbonyl (C=O) groups excluding carboxylic acids is 1. The third kappa shape index (κ3) is 5.76. The predicted molar refractivity (Wildman–Crippen MR) is 133 cm³/mol. The smallest absolute Gasteiger partial charge is 0.341 e. The monoisotopic (exact) mass is 498 g/mol. The number of nitrogens with zero attached hydrogens (tertiary/aromatic N) is 2. The fraction of sp³-hybridized carbons (Fsp3) is 0.0417. The Morgan fingerprint density at radius 1 is 1.03 bits per heavy atom. The molecule has 1 amide bonds. The van der Waals surface area contributed by atoms with E-state index >= 15 is 0 Å². The molecule has 166 valence electrons. The molecule has 0 aliphatic carbocycles. The van der Waals surface area contributed by atoms with Crippen LogP contribution in [0.2, 0.25) is 10.0 Å². The SMILES string of the molecule is O=C(O)COc1cccc(/C=C2/SC(=Nc3ccc(Cl)cc3)N(c3ccc(Cl)cc3)C2=O)c1. The molecule has 9 heteroatoms. The van der Waals surface area contributed by atoms with Crippen molar-refractivity contribution in [1.29, 1.82) is 0 Å². The van der Waals surface area contributed by atoms with Gasteiger partial charge in [0, 0.05) is 10.0 Å². The lowest BCUT2D eigenvalue weighted by Crippen LogP contribution is -2.28. The molecule has 3 aromatic rings. The Morgan fingerprint density at radius 3 is 2.36 bits per heavy atom. The highest BCUT2D eigenvalue weighted by Gasteiger charge is 2.34. The molecule has 0 unspecified atom stereocenters. The minimum Gasteiger partial charge on any atom is -0.482 e. The molecule has 1 saturated heterocycles. The van der Waals surface area contributed by atoms with E-state index in [4.69, 9.17) is 33.0 Å². The maximum absolute atomic E-state index is 13.3. The van der Waals surface area contributed by atoms with Gasteiger partial charge in [-0.1, -0.05) is 35.3 Å². The Bertz CT molecular complexity index is 1260. The number of aliphatic carboxylic acids is 1. The Morgan fingerprint density at radius 2 is 1.70 bits per heavy atom. The first-order valence-corrected chi connectivity index (χ1v) is 11.2. The first-order chi connectivity index (χ1) is 15.9. The zero-order valence-electron chi connectivity index (χ0n) is 16.9. The summed E-state index contributed by atoms with van der Waals surface area (Å²) in [6, 6.07) is 20.8. The van der Waals surface area contributed by atoms with Gasteiger partial charge in [-0.15, -0.1) is 0 Å². The van der Waals surface area contributed by atoms with Gasteiger partial charge in [0.05, 0.1) is 16.3 Å². The summed E-state index contributed by atoms with van der Waals surface area (Å²) in [5, 5.41) is 10.4. The molecule has 0 atom stereocenters. The van der Waals surface area contributed by atoms with Crippen molar-refractivity contribution >= 4 is 69.5 Å². The number of hydrogen-bond acceptors (Lipinski definition) is 5. The van der Waals surface area contributed by atoms with Gasteiger partial charge in [0.15, 0.2) is 11.8 Å². The van der Waals surface area contributed by atoms with E-state index in [1.165, 1.54) is 16.7 Å². The average molecular weight is 499 g/mol. The number of benzene rings is 3. The minimum atomic E-state index is -1.07. The van der Waals surface area contributed by atoms with Crippen molar-refractivity contribution in [3.8, 4) is 5.75 Å². The lowest BCUT2D eigenvalue weighted by molar-refractivity contribution is -0.139. The molecule has 6 nitrogen and oxygen atoms in total. The number of thioether (sulfide) groups is 1. The summed E-state index contributed by atoms with van der Waals surface area (Å²) in [7, 11) is 0. The Labute approximate surface area is 204 Å². The van der Waals surface area contributed by atoms with E-state index < -0.39 is 12.6 Å². The zero-order valence-corrected chi connectivity index (χ0v) is 19.3. The number of amidine groups is 1. The van der Waals surface area contributed by atoms with Gasteiger partial charge in [0.2, 0.25) is 0 Å². The lowest BCUT2D eigenvalue weighted by atomic mass is 10.2. The summed E-state index contributed by atoms with van der Waals surface area (Å²) < 4.78 is 5.23. The molecule has 3 aromatic carbocycles. The molecule has 1 heterocycles. The van der Waals surface area contributed by atoms with Crippen LogP contribution in [0.3, 0.4) is 0 Å². The molecule has 33 heavy (non-hydrogen) atoms. The van der Waals surface area contributed by atoms with Crippen molar-refractivity contribution in [1.82, 2.24) is 0 Å². The van der Waals surface area contributed by atoms with E-state index in [1.54, 1.807) is 78.9 Å². The van der Waals surface area contributed by atoms with E-state index in [1.807, 2.05) is 0 Å². The van der Waals surface area contributed by atoms with Crippen LogP contribution in [0, 0.1) is 0 Å². The fourth-order valence-electron chi connectivity index (χ4n) is 2.98. The highest BCUT2D eigenvalue weighted by Crippen LogP contribution is 2.38. The van der Waals surface area contributed by atoms with E-state index in [2.05, 4.69) is 4.99 Å². The number of ether oxygens (including phenoxy) is 1. The molecule has 1 aliphatic heterocycles. The van der Waals surface area contributed by atoms with E-state index in [0.29, 0.717) is 42.8 Å². The molecule has 0 saturated carbocycles. The van der Waals surface area contributed by atoms with Crippen LogP contribution in [0.25, 0.3) is 6.08 Å². The summed E-state index contributed by atoms with van der Waals surface area (Å²) in [5.41, 5.74) is 1.98. The van der Waals surface area contributed by atoms with Crippen LogP contribution >= 0.6 is 35.0 Å². The number of hydrogen-bond donors (Lipinski definition) is 1. The molecule has 1 aliphatic rings. The van der Waals surface area contributed by atoms with Crippen molar-refractivity contribution in [3.63, 3.8) is 0 Å². The zero-order chi connectivity index (χ0) is 23.4. The van der Waals surface area contributed by atoms with Gasteiger partial charge in [-0.05, 0) is 84.1 Å². The molecule has 0 spiro atoms. The van der Waals surface area contributed by atoms with Crippen LogP contribution in [0.15, 0.2) is 82.7 Å². The average Bonchev–Trinajstić information content (AvgIpc) is 3.09. The number of rotatable bonds is 6. The molecule has 0 radical (unpaired) electrons. The second kappa shape index (κ2) is 10.1. The number of amides is 1. The van der Waals surface area contributed by atoms with E-state index in [9.17, 15) is 9.59 Å². The normalized spacial score (nSPS) is 15.9. The number of anilines is 1. The molecule has 4 rings (SSSR count). The van der Waals surface area contributed by atoms with Crippen LogP contribution in [-0.2, 0) is 9.59 Å². The molecule has 0 aromatic heterocycles. The highest BCUT2D eigenvalue weighted by atomic mass is 35.5. The predicted octanol–water partition coefficient (Wildman–Crippen LogP) is 6.27. The summed E-state index contributed by atoms with van der Waals surface area (Å²) in [6.45, 7) is -0.448. The van der Waals surface area contributed by atoms with Crippen LogP contribution in [0.4, 0.5) is 11.4 Å². The van der Waals surface area contributed by atoms with Gasteiger partial charge in [-0.25, -0.2) is 9.79 Å². The van der Waals surface area contributed by atoms with Crippen LogP contribution in [-0.4, -0.2) is 28.8 Å². The van der Waals surface area contributed by atoms with Crippen molar-refractivity contribution in [2.45, 2.75) is 0 Å². The largest absolute Gasteiger partial charge is 0.482 e. The number of aliphatic imine (C=N–C) groups is 1. The van der Waals surface area contributed by atoms with Gasteiger partial charge < -0.3 is 9.84 Å². The molecule has 1 N–H and O–H groups in total. The molecular weight excluding hydrogens is 483 g/mol. The lowest BCUT2D eigenvalue weighted by Gasteiger charge is -2.15. The van der Waals surface area contributed by atoms with Gasteiger partial charge in [0.25, 0.3) is 5.91 Å². The van der Waals surface area contributed by atoms with Gasteiger partial charge >= 0.3 is 5.97 Å². The third-order valence-electron chi connectivity index (χ3n) is 4.46. The number of halogens is 2. The summed E-state index contributed by atoms with van der Waals surface area (Å²) in [6.07, 6.45) is 1.72. The van der Waals surface area contributed by atoms with Crippen molar-refractivity contribution in [2.24, 2.45) is 4.99 Å². The highest BCUT2D eigenvalue weighted by molar-refractivity contribution is 8.19. The van der Waals surface area contributed by atoms with E-state index in [-0.39, 0.29) is 5.91 Å². The minimum absolute atomic E-state index is 0.244. The standard InChI is InChI=1S/C24H16Cl2N2O4S/c25-16-4-8-18(9-5-16)27-24-28(19-10-6-17(26)7-11-19)23(31)21(33-24)13-15-2-1-3-20(12-15)32-14-22(29)30/h1-13H,14H2,(H,29,30)/b21-13+,27-24?. The third-order valence-corrected chi connectivity index (χ3v) is 5.93. The van der Waals surface area contributed by atoms with Crippen molar-refractivity contribution in [2.75, 3.05) is 11.5 Å². The van der Waals surface area contributed by atoms with Crippen molar-refractivity contribution in [3.05, 3.63) is 93.3 Å². The quantitative estimate of drug-likeness (QED) is 0.405. The molecule has 1 fully saturated rings. The topological polar surface area (TPSA) is 79.2 Å². The Hall–Kier alpha value is -3.26. The Balaban J connectivity index is 1.69. The summed E-state index contributed by atoms with van der Waals surface area (Å²) >= 11 is 13.2. The van der Waals surface area contributed by atoms with Crippen LogP contribution in [0.1, 0.15) is 5.56 Å². The summed E-state index contributed by atoms with van der Waals surface area (Å²) in [4.78, 5) is 30.7. The first-order valence-electron chi connectivity index (χ1n) is 9.67. The maximum atomic E-state index is 13.3. The molecular formula is C24H16Cl2N2O4S. The Kier molecular flexibility index (Phi) is 7.03. The number of carbonyl (C=O) groups is 2. The fourth-order valence-corrected chi connectivity index (χ4v) is 4.24. The van der Waals surface area contributed by atoms with Gasteiger partial charge in [0.1, 0.15) is 5.75 Å². The number of carboxylic acid groups (broad SMARTS) is 1. The second-order valence-corrected chi connectivity index (χ2v) is 8.74. The van der Waals surface area contributed by atoms with Crippen LogP contribution in [0.5, 0.6) is 5.75 Å². The maximum Gasteiger partial charge on any atom is 0.341 e. The van der Waals surface area contributed by atoms with Gasteiger partial charge in [-0.2, -0.15) is 0 Å². The summed E-state index contributed by atoms with van der Waals surface area (Å²) in [5.74, 6) is -0.916. The van der Waals surface area contributed by atoms with Crippen LogP contribution < -0.4 is 9.64 Å². The van der Waals surface area contributed by atoms with Crippen molar-refractivity contribution < 1.29 is 19.4 Å². The van der Waals surface area contributed by atoms with E-state index in [0.717, 1.165) is 0 Å².